The minimum atomic E-state index is -0.244. The highest BCUT2D eigenvalue weighted by Gasteiger charge is 2.27. The van der Waals surface area contributed by atoms with Crippen molar-refractivity contribution in [3.63, 3.8) is 0 Å². The summed E-state index contributed by atoms with van der Waals surface area (Å²) in [5.41, 5.74) is 3.47. The minimum absolute atomic E-state index is 0.207. The van der Waals surface area contributed by atoms with E-state index < -0.39 is 0 Å². The van der Waals surface area contributed by atoms with Gasteiger partial charge in [0.1, 0.15) is 11.5 Å². The van der Waals surface area contributed by atoms with Crippen LogP contribution in [0.1, 0.15) is 46.3 Å². The third kappa shape index (κ3) is 4.03. The molecule has 0 aromatic carbocycles. The Bertz CT molecular complexity index is 906. The van der Waals surface area contributed by atoms with Crippen LogP contribution < -0.4 is 5.32 Å². The first-order valence-electron chi connectivity index (χ1n) is 9.11. The van der Waals surface area contributed by atoms with Gasteiger partial charge in [-0.05, 0) is 50.1 Å². The summed E-state index contributed by atoms with van der Waals surface area (Å²) in [6, 6.07) is 9.54. The third-order valence-electron chi connectivity index (χ3n) is 4.79. The number of likely N-dealkylation sites (tertiary alicyclic amines) is 1. The highest BCUT2D eigenvalue weighted by Crippen LogP contribution is 2.31. The zero-order valence-electron chi connectivity index (χ0n) is 15.2. The molecule has 138 valence electrons. The molecule has 2 N–H and O–H groups in total. The van der Waals surface area contributed by atoms with Crippen molar-refractivity contribution >= 4 is 11.7 Å². The van der Waals surface area contributed by atoms with Gasteiger partial charge in [0.15, 0.2) is 0 Å². The molecule has 1 aliphatic heterocycles. The van der Waals surface area contributed by atoms with E-state index in [1.165, 1.54) is 0 Å². The van der Waals surface area contributed by atoms with Gasteiger partial charge < -0.3 is 10.3 Å². The lowest BCUT2D eigenvalue weighted by atomic mass is 10.1. The van der Waals surface area contributed by atoms with Crippen molar-refractivity contribution in [3.05, 3.63) is 71.7 Å². The van der Waals surface area contributed by atoms with Crippen LogP contribution in [0.5, 0.6) is 0 Å². The van der Waals surface area contributed by atoms with Crippen LogP contribution in [0.3, 0.4) is 0 Å². The lowest BCUT2D eigenvalue weighted by Gasteiger charge is -2.23. The van der Waals surface area contributed by atoms with Crippen molar-refractivity contribution in [2.75, 3.05) is 11.9 Å². The van der Waals surface area contributed by atoms with Gasteiger partial charge in [-0.15, -0.1) is 0 Å². The summed E-state index contributed by atoms with van der Waals surface area (Å²) in [4.78, 5) is 31.0. The Morgan fingerprint density at radius 3 is 3.00 bits per heavy atom. The molecule has 3 aromatic rings. The average Bonchev–Trinajstić information content (AvgIpc) is 3.36. The topological polar surface area (TPSA) is 86.8 Å². The van der Waals surface area contributed by atoms with Crippen LogP contribution in [-0.2, 0) is 6.54 Å². The average molecular weight is 362 g/mol. The van der Waals surface area contributed by atoms with Crippen molar-refractivity contribution < 1.29 is 4.79 Å². The lowest BCUT2D eigenvalue weighted by molar-refractivity contribution is 0.102. The summed E-state index contributed by atoms with van der Waals surface area (Å²) in [7, 11) is 0. The number of aryl methyl sites for hydroxylation is 1. The number of carbonyl (C=O) groups is 1. The molecule has 7 heteroatoms. The summed E-state index contributed by atoms with van der Waals surface area (Å²) in [6.07, 6.45) is 7.42. The molecule has 0 spiro atoms. The number of pyridine rings is 2. The highest BCUT2D eigenvalue weighted by molar-refractivity contribution is 6.02. The molecule has 27 heavy (non-hydrogen) atoms. The smallest absolute Gasteiger partial charge is 0.275 e. The van der Waals surface area contributed by atoms with Gasteiger partial charge in [-0.25, -0.2) is 15.0 Å². The summed E-state index contributed by atoms with van der Waals surface area (Å²) in [6.45, 7) is 3.77. The van der Waals surface area contributed by atoms with E-state index in [2.05, 4.69) is 30.2 Å². The molecular formula is C20H22N6O. The number of rotatable bonds is 5. The molecule has 0 aliphatic carbocycles. The molecule has 3 aromatic heterocycles. The number of H-pyrrole nitrogens is 1. The van der Waals surface area contributed by atoms with Crippen molar-refractivity contribution in [2.24, 2.45) is 0 Å². The number of nitrogens with one attached hydrogen (secondary N) is 2. The Labute approximate surface area is 157 Å². The van der Waals surface area contributed by atoms with Crippen molar-refractivity contribution in [1.82, 2.24) is 24.8 Å². The number of aromatic nitrogens is 4. The SMILES string of the molecule is Cc1ccc(NC(=O)c2cccc(C3CCCN3Cc3cnc[nH]3)n2)nc1. The first-order valence-corrected chi connectivity index (χ1v) is 9.11. The second-order valence-corrected chi connectivity index (χ2v) is 6.83. The lowest BCUT2D eigenvalue weighted by Crippen LogP contribution is -2.24. The summed E-state index contributed by atoms with van der Waals surface area (Å²) < 4.78 is 0. The normalized spacial score (nSPS) is 17.1. The van der Waals surface area contributed by atoms with E-state index in [1.54, 1.807) is 24.7 Å². The number of amides is 1. The predicted molar refractivity (Wildman–Crippen MR) is 102 cm³/mol. The van der Waals surface area contributed by atoms with Crippen LogP contribution >= 0.6 is 0 Å². The molecular weight excluding hydrogens is 340 g/mol. The Morgan fingerprint density at radius 2 is 2.22 bits per heavy atom. The van der Waals surface area contributed by atoms with Crippen LogP contribution in [0.4, 0.5) is 5.82 Å². The van der Waals surface area contributed by atoms with Crippen LogP contribution in [-0.4, -0.2) is 37.3 Å². The maximum absolute atomic E-state index is 12.6. The van der Waals surface area contributed by atoms with Gasteiger partial charge >= 0.3 is 0 Å². The number of hydrogen-bond acceptors (Lipinski definition) is 5. The summed E-state index contributed by atoms with van der Waals surface area (Å²) in [5, 5.41) is 2.81. The van der Waals surface area contributed by atoms with E-state index in [1.807, 2.05) is 31.3 Å². The first-order chi connectivity index (χ1) is 13.2. The predicted octanol–water partition coefficient (Wildman–Crippen LogP) is 3.10. The monoisotopic (exact) mass is 362 g/mol. The van der Waals surface area contributed by atoms with Crippen LogP contribution in [0.15, 0.2) is 49.1 Å². The number of anilines is 1. The Balaban J connectivity index is 1.49. The maximum Gasteiger partial charge on any atom is 0.275 e. The van der Waals surface area contributed by atoms with Gasteiger partial charge in [-0.2, -0.15) is 0 Å². The van der Waals surface area contributed by atoms with Gasteiger partial charge in [-0.3, -0.25) is 9.69 Å². The fourth-order valence-electron chi connectivity index (χ4n) is 3.43. The van der Waals surface area contributed by atoms with Crippen molar-refractivity contribution in [3.8, 4) is 0 Å². The zero-order chi connectivity index (χ0) is 18.6. The largest absolute Gasteiger partial charge is 0.347 e. The molecule has 1 fully saturated rings. The van der Waals surface area contributed by atoms with Gasteiger partial charge in [-0.1, -0.05) is 12.1 Å². The molecule has 0 saturated carbocycles. The van der Waals surface area contributed by atoms with Crippen LogP contribution in [0.2, 0.25) is 0 Å². The van der Waals surface area contributed by atoms with Crippen molar-refractivity contribution in [2.45, 2.75) is 32.4 Å². The Morgan fingerprint density at radius 1 is 1.30 bits per heavy atom. The third-order valence-corrected chi connectivity index (χ3v) is 4.79. The van der Waals surface area contributed by atoms with Gasteiger partial charge in [0.2, 0.25) is 0 Å². The fraction of sp³-hybridized carbons (Fsp3) is 0.300. The summed E-state index contributed by atoms with van der Waals surface area (Å²) in [5.74, 6) is 0.283. The quantitative estimate of drug-likeness (QED) is 0.728. The highest BCUT2D eigenvalue weighted by atomic mass is 16.1. The van der Waals surface area contributed by atoms with E-state index in [4.69, 9.17) is 0 Å². The van der Waals surface area contributed by atoms with Crippen molar-refractivity contribution in [1.29, 1.82) is 0 Å². The zero-order valence-corrected chi connectivity index (χ0v) is 15.2. The molecule has 4 heterocycles. The number of carbonyl (C=O) groups excluding carboxylic acids is 1. The molecule has 1 saturated heterocycles. The molecule has 0 radical (unpaired) electrons. The van der Waals surface area contributed by atoms with E-state index in [0.717, 1.165) is 42.9 Å². The van der Waals surface area contributed by atoms with Crippen LogP contribution in [0, 0.1) is 6.92 Å². The van der Waals surface area contributed by atoms with E-state index >= 15 is 0 Å². The molecule has 0 bridgehead atoms. The molecule has 1 aliphatic rings. The molecule has 1 atom stereocenters. The molecule has 1 amide bonds. The van der Waals surface area contributed by atoms with Crippen LogP contribution in [0.25, 0.3) is 0 Å². The number of imidazole rings is 1. The number of aromatic amines is 1. The Kier molecular flexibility index (Phi) is 4.93. The fourth-order valence-corrected chi connectivity index (χ4v) is 3.43. The first kappa shape index (κ1) is 17.4. The Hall–Kier alpha value is -3.06. The molecule has 1 unspecified atom stereocenters. The van der Waals surface area contributed by atoms with E-state index in [9.17, 15) is 4.79 Å². The molecule has 7 nitrogen and oxygen atoms in total. The molecule has 4 rings (SSSR count). The number of hydrogen-bond donors (Lipinski definition) is 2. The maximum atomic E-state index is 12.6. The standard InChI is InChI=1S/C20H22N6O/c1-14-7-8-19(22-10-14)25-20(27)17-5-2-4-16(24-17)18-6-3-9-26(18)12-15-11-21-13-23-15/h2,4-5,7-8,10-11,13,18H,3,6,9,12H2,1H3,(H,21,23)(H,22,25,27). The number of nitrogens with zero attached hydrogens (tertiary/aromatic N) is 4. The van der Waals surface area contributed by atoms with E-state index in [0.29, 0.717) is 11.5 Å². The van der Waals surface area contributed by atoms with Gasteiger partial charge in [0.05, 0.1) is 18.1 Å². The van der Waals surface area contributed by atoms with E-state index in [-0.39, 0.29) is 11.9 Å². The second kappa shape index (κ2) is 7.67. The second-order valence-electron chi connectivity index (χ2n) is 6.83. The van der Waals surface area contributed by atoms with Gasteiger partial charge in [0.25, 0.3) is 5.91 Å². The summed E-state index contributed by atoms with van der Waals surface area (Å²) >= 11 is 0. The van der Waals surface area contributed by atoms with Gasteiger partial charge in [0, 0.05) is 24.6 Å². The minimum Gasteiger partial charge on any atom is -0.347 e.